The number of hydrogen-bond acceptors (Lipinski definition) is 7. The number of aromatic nitrogens is 1. The standard InChI is InChI=1S/C12H10N2O5/c1-2-18-11(15)10(14-17)9-12(16)19-8-6-4-3-5-7(8)13-9/h3-6,17H,2H2,1H3/b14-10-. The Morgan fingerprint density at radius 3 is 2.89 bits per heavy atom. The molecule has 0 bridgehead atoms. The lowest BCUT2D eigenvalue weighted by atomic mass is 10.2. The molecule has 0 radical (unpaired) electrons. The van der Waals surface area contributed by atoms with E-state index >= 15 is 0 Å². The molecular weight excluding hydrogens is 252 g/mol. The fourth-order valence-corrected chi connectivity index (χ4v) is 1.48. The zero-order valence-corrected chi connectivity index (χ0v) is 9.99. The molecule has 0 atom stereocenters. The first-order chi connectivity index (χ1) is 9.17. The van der Waals surface area contributed by atoms with Crippen molar-refractivity contribution in [1.29, 1.82) is 0 Å². The Morgan fingerprint density at radius 1 is 1.47 bits per heavy atom. The van der Waals surface area contributed by atoms with Crippen LogP contribution < -0.4 is 5.63 Å². The Balaban J connectivity index is 2.58. The number of nitrogens with zero attached hydrogens (tertiary/aromatic N) is 2. The highest BCUT2D eigenvalue weighted by Gasteiger charge is 2.23. The molecule has 1 aromatic carbocycles. The van der Waals surface area contributed by atoms with Gasteiger partial charge in [-0.15, -0.1) is 0 Å². The van der Waals surface area contributed by atoms with Crippen LogP contribution >= 0.6 is 0 Å². The minimum absolute atomic E-state index is 0.0801. The van der Waals surface area contributed by atoms with E-state index in [1.807, 2.05) is 0 Å². The van der Waals surface area contributed by atoms with Crippen LogP contribution in [0.3, 0.4) is 0 Å². The van der Waals surface area contributed by atoms with Crippen molar-refractivity contribution in [1.82, 2.24) is 4.98 Å². The lowest BCUT2D eigenvalue weighted by Gasteiger charge is -2.03. The highest BCUT2D eigenvalue weighted by Crippen LogP contribution is 2.09. The summed E-state index contributed by atoms with van der Waals surface area (Å²) in [6, 6.07) is 6.54. The summed E-state index contributed by atoms with van der Waals surface area (Å²) in [7, 11) is 0. The first kappa shape index (κ1) is 12.7. The lowest BCUT2D eigenvalue weighted by molar-refractivity contribution is -0.135. The minimum Gasteiger partial charge on any atom is -0.461 e. The van der Waals surface area contributed by atoms with Crippen molar-refractivity contribution in [2.75, 3.05) is 6.61 Å². The van der Waals surface area contributed by atoms with Crippen molar-refractivity contribution in [2.45, 2.75) is 6.92 Å². The number of oxime groups is 1. The molecule has 19 heavy (non-hydrogen) atoms. The second-order valence-corrected chi connectivity index (χ2v) is 3.49. The van der Waals surface area contributed by atoms with E-state index in [9.17, 15) is 9.59 Å². The van der Waals surface area contributed by atoms with E-state index in [0.717, 1.165) is 0 Å². The fraction of sp³-hybridized carbons (Fsp3) is 0.167. The maximum absolute atomic E-state index is 11.7. The van der Waals surface area contributed by atoms with Crippen molar-refractivity contribution in [2.24, 2.45) is 5.16 Å². The summed E-state index contributed by atoms with van der Waals surface area (Å²) in [5.74, 6) is -0.944. The van der Waals surface area contributed by atoms with Gasteiger partial charge in [0.05, 0.1) is 6.61 Å². The molecular formula is C12H10N2O5. The van der Waals surface area contributed by atoms with E-state index in [-0.39, 0.29) is 17.9 Å². The summed E-state index contributed by atoms with van der Waals surface area (Å²) in [5, 5.41) is 11.6. The van der Waals surface area contributed by atoms with Gasteiger partial charge in [-0.25, -0.2) is 14.6 Å². The number of fused-ring (bicyclic) bond motifs is 1. The van der Waals surface area contributed by atoms with E-state index in [1.54, 1.807) is 31.2 Å². The fourth-order valence-electron chi connectivity index (χ4n) is 1.48. The summed E-state index contributed by atoms with van der Waals surface area (Å²) in [6.45, 7) is 1.67. The molecule has 0 unspecified atom stereocenters. The number of para-hydroxylation sites is 2. The van der Waals surface area contributed by atoms with Gasteiger partial charge in [0.1, 0.15) is 5.52 Å². The predicted octanol–water partition coefficient (Wildman–Crippen LogP) is 0.929. The highest BCUT2D eigenvalue weighted by molar-refractivity contribution is 6.42. The third-order valence-corrected chi connectivity index (χ3v) is 2.29. The zero-order valence-electron chi connectivity index (χ0n) is 9.99. The van der Waals surface area contributed by atoms with Crippen molar-refractivity contribution in [3.8, 4) is 0 Å². The number of benzene rings is 1. The molecule has 98 valence electrons. The van der Waals surface area contributed by atoms with Crippen LogP contribution in [0.4, 0.5) is 0 Å². The largest absolute Gasteiger partial charge is 0.461 e. The second-order valence-electron chi connectivity index (χ2n) is 3.49. The van der Waals surface area contributed by atoms with Gasteiger partial charge in [-0.05, 0) is 19.1 Å². The number of hydrogen-bond donors (Lipinski definition) is 1. The van der Waals surface area contributed by atoms with Gasteiger partial charge < -0.3 is 14.4 Å². The zero-order chi connectivity index (χ0) is 13.8. The van der Waals surface area contributed by atoms with E-state index in [2.05, 4.69) is 14.9 Å². The van der Waals surface area contributed by atoms with Crippen LogP contribution in [0.2, 0.25) is 0 Å². The average molecular weight is 262 g/mol. The summed E-state index contributed by atoms with van der Waals surface area (Å²) >= 11 is 0. The summed E-state index contributed by atoms with van der Waals surface area (Å²) in [6.07, 6.45) is 0. The molecule has 0 saturated heterocycles. The molecule has 1 N–H and O–H groups in total. The summed E-state index contributed by atoms with van der Waals surface area (Å²) in [5.41, 5.74) is -1.21. The van der Waals surface area contributed by atoms with Gasteiger partial charge in [0, 0.05) is 0 Å². The number of carbonyl (C=O) groups excluding carboxylic acids is 1. The second kappa shape index (κ2) is 5.30. The van der Waals surface area contributed by atoms with Gasteiger partial charge in [-0.3, -0.25) is 0 Å². The van der Waals surface area contributed by atoms with E-state index in [0.29, 0.717) is 5.52 Å². The molecule has 7 nitrogen and oxygen atoms in total. The van der Waals surface area contributed by atoms with Crippen molar-refractivity contribution in [3.63, 3.8) is 0 Å². The van der Waals surface area contributed by atoms with E-state index < -0.39 is 17.3 Å². The molecule has 1 aromatic heterocycles. The number of carbonyl (C=O) groups is 1. The molecule has 0 saturated carbocycles. The first-order valence-corrected chi connectivity index (χ1v) is 5.46. The monoisotopic (exact) mass is 262 g/mol. The van der Waals surface area contributed by atoms with Crippen LogP contribution in [0.25, 0.3) is 11.1 Å². The Kier molecular flexibility index (Phi) is 3.56. The third kappa shape index (κ3) is 2.44. The normalized spacial score (nSPS) is 11.5. The Morgan fingerprint density at radius 2 is 2.21 bits per heavy atom. The molecule has 2 rings (SSSR count). The van der Waals surface area contributed by atoms with Crippen LogP contribution in [0, 0.1) is 0 Å². The van der Waals surface area contributed by atoms with Crippen LogP contribution in [0.1, 0.15) is 12.6 Å². The Labute approximate surface area is 107 Å². The molecule has 1 heterocycles. The Bertz CT molecular complexity index is 705. The van der Waals surface area contributed by atoms with Gasteiger partial charge in [-0.2, -0.15) is 0 Å². The topological polar surface area (TPSA) is 102 Å². The van der Waals surface area contributed by atoms with Gasteiger partial charge in [0.15, 0.2) is 11.3 Å². The molecule has 0 amide bonds. The quantitative estimate of drug-likeness (QED) is 0.382. The minimum atomic E-state index is -0.944. The third-order valence-electron chi connectivity index (χ3n) is 2.29. The van der Waals surface area contributed by atoms with Crippen molar-refractivity contribution >= 4 is 22.8 Å². The Hall–Kier alpha value is -2.70. The van der Waals surface area contributed by atoms with Crippen molar-refractivity contribution < 1.29 is 19.2 Å². The maximum atomic E-state index is 11.7. The van der Waals surface area contributed by atoms with Crippen LogP contribution in [-0.2, 0) is 9.53 Å². The van der Waals surface area contributed by atoms with Crippen molar-refractivity contribution in [3.05, 3.63) is 40.4 Å². The molecule has 7 heteroatoms. The molecule has 0 spiro atoms. The lowest BCUT2D eigenvalue weighted by Crippen LogP contribution is -2.26. The van der Waals surface area contributed by atoms with Crippen LogP contribution in [-0.4, -0.2) is 28.5 Å². The average Bonchev–Trinajstić information content (AvgIpc) is 2.40. The van der Waals surface area contributed by atoms with Crippen LogP contribution in [0.15, 0.2) is 38.6 Å². The highest BCUT2D eigenvalue weighted by atomic mass is 16.5. The maximum Gasteiger partial charge on any atom is 0.365 e. The molecule has 2 aromatic rings. The smallest absolute Gasteiger partial charge is 0.365 e. The molecule has 0 fully saturated rings. The van der Waals surface area contributed by atoms with E-state index in [4.69, 9.17) is 9.62 Å². The molecule has 0 aliphatic rings. The SMILES string of the molecule is CCOC(=O)/C(=N\O)c1nc2ccccc2oc1=O. The van der Waals surface area contributed by atoms with Crippen LogP contribution in [0.5, 0.6) is 0 Å². The number of rotatable bonds is 3. The van der Waals surface area contributed by atoms with Gasteiger partial charge in [-0.1, -0.05) is 17.3 Å². The van der Waals surface area contributed by atoms with Gasteiger partial charge in [0.25, 0.3) is 0 Å². The van der Waals surface area contributed by atoms with Gasteiger partial charge in [0.2, 0.25) is 5.71 Å². The number of ether oxygens (including phenoxy) is 1. The van der Waals surface area contributed by atoms with Gasteiger partial charge >= 0.3 is 11.6 Å². The number of esters is 1. The van der Waals surface area contributed by atoms with E-state index in [1.165, 1.54) is 0 Å². The summed E-state index contributed by atoms with van der Waals surface area (Å²) in [4.78, 5) is 27.2. The molecule has 0 aliphatic heterocycles. The molecule has 0 aliphatic carbocycles. The summed E-state index contributed by atoms with van der Waals surface area (Å²) < 4.78 is 9.65. The first-order valence-electron chi connectivity index (χ1n) is 5.46. The predicted molar refractivity (Wildman–Crippen MR) is 65.2 cm³/mol.